The normalized spacial score (nSPS) is 19.4. The van der Waals surface area contributed by atoms with Gasteiger partial charge in [-0.1, -0.05) is 25.4 Å². The summed E-state index contributed by atoms with van der Waals surface area (Å²) in [7, 11) is 0. The van der Waals surface area contributed by atoms with Crippen molar-refractivity contribution in [2.75, 3.05) is 25.0 Å². The lowest BCUT2D eigenvalue weighted by Gasteiger charge is -2.34. The SMILES string of the molecule is CCCNc1ccc(Cl)c(CN2CCNC(=O)C2CC)n1. The quantitative estimate of drug-likeness (QED) is 0.846. The molecule has 116 valence electrons. The van der Waals surface area contributed by atoms with Gasteiger partial charge in [0, 0.05) is 26.2 Å². The van der Waals surface area contributed by atoms with Crippen LogP contribution in [0.25, 0.3) is 0 Å². The Hall–Kier alpha value is -1.33. The van der Waals surface area contributed by atoms with Gasteiger partial charge in [0.1, 0.15) is 5.82 Å². The summed E-state index contributed by atoms with van der Waals surface area (Å²) < 4.78 is 0. The van der Waals surface area contributed by atoms with E-state index in [1.807, 2.05) is 19.1 Å². The van der Waals surface area contributed by atoms with Gasteiger partial charge >= 0.3 is 0 Å². The Labute approximate surface area is 131 Å². The third-order valence-corrected chi connectivity index (χ3v) is 4.00. The number of aromatic nitrogens is 1. The summed E-state index contributed by atoms with van der Waals surface area (Å²) in [4.78, 5) is 18.6. The minimum Gasteiger partial charge on any atom is -0.370 e. The number of halogens is 1. The fourth-order valence-corrected chi connectivity index (χ4v) is 2.70. The average Bonchev–Trinajstić information content (AvgIpc) is 2.48. The zero-order valence-corrected chi connectivity index (χ0v) is 13.4. The minimum absolute atomic E-state index is 0.0936. The van der Waals surface area contributed by atoms with Crippen molar-refractivity contribution in [1.82, 2.24) is 15.2 Å². The lowest BCUT2D eigenvalue weighted by Crippen LogP contribution is -2.54. The molecule has 2 heterocycles. The number of rotatable bonds is 6. The highest BCUT2D eigenvalue weighted by Crippen LogP contribution is 2.21. The Morgan fingerprint density at radius 1 is 1.48 bits per heavy atom. The molecule has 1 aromatic rings. The molecule has 2 N–H and O–H groups in total. The second kappa shape index (κ2) is 7.61. The van der Waals surface area contributed by atoms with E-state index in [4.69, 9.17) is 11.6 Å². The molecule has 0 spiro atoms. The van der Waals surface area contributed by atoms with Crippen molar-refractivity contribution in [3.05, 3.63) is 22.8 Å². The molecule has 1 fully saturated rings. The van der Waals surface area contributed by atoms with Gasteiger partial charge in [-0.15, -0.1) is 0 Å². The van der Waals surface area contributed by atoms with Crippen molar-refractivity contribution >= 4 is 23.3 Å². The third-order valence-electron chi connectivity index (χ3n) is 3.66. The maximum atomic E-state index is 11.9. The molecule has 1 saturated heterocycles. The van der Waals surface area contributed by atoms with E-state index in [9.17, 15) is 4.79 Å². The molecule has 0 radical (unpaired) electrons. The number of hydrogen-bond donors (Lipinski definition) is 2. The highest BCUT2D eigenvalue weighted by molar-refractivity contribution is 6.31. The van der Waals surface area contributed by atoms with Crippen LogP contribution in [-0.4, -0.2) is 41.5 Å². The molecule has 2 rings (SSSR count). The molecule has 6 heteroatoms. The van der Waals surface area contributed by atoms with Crippen molar-refractivity contribution in [3.8, 4) is 0 Å². The van der Waals surface area contributed by atoms with Crippen molar-refractivity contribution < 1.29 is 4.79 Å². The molecule has 1 unspecified atom stereocenters. The van der Waals surface area contributed by atoms with Crippen molar-refractivity contribution in [1.29, 1.82) is 0 Å². The Morgan fingerprint density at radius 3 is 3.00 bits per heavy atom. The van der Waals surface area contributed by atoms with Crippen LogP contribution in [0.5, 0.6) is 0 Å². The number of amides is 1. The number of piperazine rings is 1. The molecule has 1 aliphatic rings. The molecular formula is C15H23ClN4O. The van der Waals surface area contributed by atoms with E-state index in [2.05, 4.69) is 27.4 Å². The highest BCUT2D eigenvalue weighted by atomic mass is 35.5. The summed E-state index contributed by atoms with van der Waals surface area (Å²) in [6, 6.07) is 3.66. The predicted molar refractivity (Wildman–Crippen MR) is 85.5 cm³/mol. The lowest BCUT2D eigenvalue weighted by molar-refractivity contribution is -0.129. The van der Waals surface area contributed by atoms with Crippen LogP contribution in [0.4, 0.5) is 5.82 Å². The third kappa shape index (κ3) is 4.08. The van der Waals surface area contributed by atoms with Gasteiger partial charge in [0.15, 0.2) is 0 Å². The molecule has 1 atom stereocenters. The van der Waals surface area contributed by atoms with E-state index in [1.54, 1.807) is 0 Å². The van der Waals surface area contributed by atoms with Crippen LogP contribution in [-0.2, 0) is 11.3 Å². The van der Waals surface area contributed by atoms with Crippen molar-refractivity contribution in [2.24, 2.45) is 0 Å². The highest BCUT2D eigenvalue weighted by Gasteiger charge is 2.28. The predicted octanol–water partition coefficient (Wildman–Crippen LogP) is 2.27. The summed E-state index contributed by atoms with van der Waals surface area (Å²) in [6.07, 6.45) is 1.83. The van der Waals surface area contributed by atoms with Gasteiger partial charge in [0.25, 0.3) is 0 Å². The summed E-state index contributed by atoms with van der Waals surface area (Å²) in [5.74, 6) is 0.936. The molecule has 0 aromatic carbocycles. The van der Waals surface area contributed by atoms with Gasteiger partial charge in [0.2, 0.25) is 5.91 Å². The van der Waals surface area contributed by atoms with E-state index in [-0.39, 0.29) is 11.9 Å². The zero-order valence-electron chi connectivity index (χ0n) is 12.7. The molecule has 21 heavy (non-hydrogen) atoms. The minimum atomic E-state index is -0.0936. The molecule has 0 aliphatic carbocycles. The first-order chi connectivity index (χ1) is 10.2. The van der Waals surface area contributed by atoms with Gasteiger partial charge in [-0.25, -0.2) is 4.98 Å². The number of nitrogens with one attached hydrogen (secondary N) is 2. The molecule has 1 aromatic heterocycles. The summed E-state index contributed by atoms with van der Waals surface area (Å²) in [5, 5.41) is 6.82. The number of carbonyl (C=O) groups is 1. The fourth-order valence-electron chi connectivity index (χ4n) is 2.53. The average molecular weight is 311 g/mol. The van der Waals surface area contributed by atoms with Gasteiger partial charge in [-0.2, -0.15) is 0 Å². The van der Waals surface area contributed by atoms with E-state index >= 15 is 0 Å². The van der Waals surface area contributed by atoms with Crippen LogP contribution in [0, 0.1) is 0 Å². The zero-order chi connectivity index (χ0) is 15.2. The van der Waals surface area contributed by atoms with Crippen LogP contribution >= 0.6 is 11.6 Å². The van der Waals surface area contributed by atoms with Gasteiger partial charge in [-0.3, -0.25) is 9.69 Å². The van der Waals surface area contributed by atoms with Crippen LogP contribution in [0.15, 0.2) is 12.1 Å². The Balaban J connectivity index is 2.11. The second-order valence-electron chi connectivity index (χ2n) is 5.24. The van der Waals surface area contributed by atoms with E-state index < -0.39 is 0 Å². The topological polar surface area (TPSA) is 57.3 Å². The summed E-state index contributed by atoms with van der Waals surface area (Å²) >= 11 is 6.26. The number of anilines is 1. The number of pyridine rings is 1. The Bertz CT molecular complexity index is 495. The molecule has 0 bridgehead atoms. The van der Waals surface area contributed by atoms with Gasteiger partial charge in [-0.05, 0) is 25.0 Å². The van der Waals surface area contributed by atoms with E-state index in [1.165, 1.54) is 0 Å². The molecule has 1 amide bonds. The van der Waals surface area contributed by atoms with Crippen molar-refractivity contribution in [3.63, 3.8) is 0 Å². The summed E-state index contributed by atoms with van der Waals surface area (Å²) in [6.45, 7) is 7.14. The van der Waals surface area contributed by atoms with Gasteiger partial charge in [0.05, 0.1) is 16.8 Å². The van der Waals surface area contributed by atoms with E-state index in [0.29, 0.717) is 18.1 Å². The van der Waals surface area contributed by atoms with Crippen LogP contribution in [0.2, 0.25) is 5.02 Å². The largest absolute Gasteiger partial charge is 0.370 e. The first-order valence-corrected chi connectivity index (χ1v) is 7.94. The maximum absolute atomic E-state index is 11.9. The van der Waals surface area contributed by atoms with Crippen LogP contribution < -0.4 is 10.6 Å². The smallest absolute Gasteiger partial charge is 0.237 e. The maximum Gasteiger partial charge on any atom is 0.237 e. The molecular weight excluding hydrogens is 288 g/mol. The van der Waals surface area contributed by atoms with E-state index in [0.717, 1.165) is 37.4 Å². The number of nitrogens with zero attached hydrogens (tertiary/aromatic N) is 2. The summed E-state index contributed by atoms with van der Waals surface area (Å²) in [5.41, 5.74) is 0.825. The lowest BCUT2D eigenvalue weighted by atomic mass is 10.1. The first kappa shape index (κ1) is 16.0. The first-order valence-electron chi connectivity index (χ1n) is 7.56. The number of hydrogen-bond acceptors (Lipinski definition) is 4. The molecule has 0 saturated carbocycles. The monoisotopic (exact) mass is 310 g/mol. The fraction of sp³-hybridized carbons (Fsp3) is 0.600. The van der Waals surface area contributed by atoms with Crippen molar-refractivity contribution in [2.45, 2.75) is 39.3 Å². The Morgan fingerprint density at radius 2 is 2.29 bits per heavy atom. The molecule has 5 nitrogen and oxygen atoms in total. The van der Waals surface area contributed by atoms with Crippen LogP contribution in [0.3, 0.4) is 0 Å². The second-order valence-corrected chi connectivity index (χ2v) is 5.64. The van der Waals surface area contributed by atoms with Crippen LogP contribution in [0.1, 0.15) is 32.4 Å². The number of carbonyl (C=O) groups excluding carboxylic acids is 1. The standard InChI is InChI=1S/C15H23ClN4O/c1-3-7-17-14-6-5-11(16)12(19-14)10-20-9-8-18-15(21)13(20)4-2/h5-6,13H,3-4,7-10H2,1-2H3,(H,17,19)(H,18,21). The van der Waals surface area contributed by atoms with Gasteiger partial charge < -0.3 is 10.6 Å². The Kier molecular flexibility index (Phi) is 5.82. The molecule has 1 aliphatic heterocycles.